The molecule has 1 heterocycles. The normalized spacial score (nSPS) is 23.6. The molecule has 0 spiro atoms. The van der Waals surface area contributed by atoms with Crippen molar-refractivity contribution in [2.24, 2.45) is 0 Å². The first kappa shape index (κ1) is 14.3. The minimum absolute atomic E-state index is 0.112. The summed E-state index contributed by atoms with van der Waals surface area (Å²) in [5, 5.41) is 49.1. The van der Waals surface area contributed by atoms with Crippen molar-refractivity contribution >= 4 is 0 Å². The van der Waals surface area contributed by atoms with Crippen LogP contribution in [0.2, 0.25) is 0 Å². The number of aromatic hydroxyl groups is 4. The number of fused-ring (bicyclic) bond motifs is 1. The molecule has 0 radical (unpaired) electrons. The average molecular weight is 304 g/mol. The summed E-state index contributed by atoms with van der Waals surface area (Å²) in [4.78, 5) is 0. The van der Waals surface area contributed by atoms with Crippen molar-refractivity contribution in [2.45, 2.75) is 25.0 Å². The summed E-state index contributed by atoms with van der Waals surface area (Å²) in [6.45, 7) is 1.55. The van der Waals surface area contributed by atoms with Crippen molar-refractivity contribution in [1.82, 2.24) is 0 Å². The van der Waals surface area contributed by atoms with E-state index in [-0.39, 0.29) is 35.2 Å². The molecule has 6 nitrogen and oxygen atoms in total. The van der Waals surface area contributed by atoms with Gasteiger partial charge in [0.2, 0.25) is 0 Å². The number of benzene rings is 2. The molecule has 0 saturated heterocycles. The molecule has 2 atom stereocenters. The van der Waals surface area contributed by atoms with Crippen molar-refractivity contribution in [3.05, 3.63) is 41.5 Å². The molecule has 2 aromatic carbocycles. The highest BCUT2D eigenvalue weighted by Gasteiger charge is 2.41. The summed E-state index contributed by atoms with van der Waals surface area (Å²) < 4.78 is 5.73. The van der Waals surface area contributed by atoms with Crippen LogP contribution in [-0.4, -0.2) is 31.1 Å². The van der Waals surface area contributed by atoms with Crippen LogP contribution in [0.3, 0.4) is 0 Å². The zero-order chi connectivity index (χ0) is 16.1. The molecule has 6 heteroatoms. The van der Waals surface area contributed by atoms with Gasteiger partial charge in [-0.3, -0.25) is 0 Å². The fourth-order valence-electron chi connectivity index (χ4n) is 2.73. The number of hydrogen-bond donors (Lipinski definition) is 5. The second kappa shape index (κ2) is 4.71. The van der Waals surface area contributed by atoms with Crippen LogP contribution in [0, 0.1) is 0 Å². The summed E-state index contributed by atoms with van der Waals surface area (Å²) in [7, 11) is 0. The maximum atomic E-state index is 10.6. The Labute approximate surface area is 126 Å². The lowest BCUT2D eigenvalue weighted by Crippen LogP contribution is -2.41. The van der Waals surface area contributed by atoms with Crippen LogP contribution in [0.25, 0.3) is 0 Å². The number of phenolic OH excluding ortho intramolecular Hbond substituents is 4. The molecule has 3 rings (SSSR count). The van der Waals surface area contributed by atoms with Gasteiger partial charge in [-0.2, -0.15) is 0 Å². The Morgan fingerprint density at radius 1 is 1.00 bits per heavy atom. The number of ether oxygens (including phenoxy) is 1. The maximum Gasteiger partial charge on any atom is 0.157 e. The number of aliphatic hydroxyl groups is 1. The van der Waals surface area contributed by atoms with E-state index in [9.17, 15) is 25.5 Å². The van der Waals surface area contributed by atoms with E-state index in [4.69, 9.17) is 4.74 Å². The molecule has 0 bridgehead atoms. The number of phenols is 4. The molecule has 1 aliphatic heterocycles. The first-order chi connectivity index (χ1) is 10.3. The minimum atomic E-state index is -1.34. The Hall–Kier alpha value is -2.60. The van der Waals surface area contributed by atoms with E-state index in [1.807, 2.05) is 0 Å². The predicted octanol–water partition coefficient (Wildman–Crippen LogP) is 1.94. The summed E-state index contributed by atoms with van der Waals surface area (Å²) in [5.74, 6) is -0.620. The van der Waals surface area contributed by atoms with Gasteiger partial charge in [-0.05, 0) is 24.6 Å². The molecule has 0 unspecified atom stereocenters. The van der Waals surface area contributed by atoms with Crippen LogP contribution < -0.4 is 4.74 Å². The van der Waals surface area contributed by atoms with Crippen LogP contribution in [0.15, 0.2) is 30.3 Å². The highest BCUT2D eigenvalue weighted by molar-refractivity contribution is 5.52. The van der Waals surface area contributed by atoms with Crippen molar-refractivity contribution in [2.75, 3.05) is 0 Å². The maximum absolute atomic E-state index is 10.6. The van der Waals surface area contributed by atoms with Crippen LogP contribution >= 0.6 is 0 Å². The molecule has 2 aromatic rings. The molecular formula is C16H16O6. The van der Waals surface area contributed by atoms with Gasteiger partial charge < -0.3 is 30.3 Å². The van der Waals surface area contributed by atoms with E-state index in [1.165, 1.54) is 30.3 Å². The zero-order valence-corrected chi connectivity index (χ0v) is 11.8. The van der Waals surface area contributed by atoms with Crippen LogP contribution in [0.1, 0.15) is 24.2 Å². The van der Waals surface area contributed by atoms with E-state index >= 15 is 0 Å². The first-order valence-electron chi connectivity index (χ1n) is 6.74. The summed E-state index contributed by atoms with van der Waals surface area (Å²) >= 11 is 0. The fraction of sp³-hybridized carbons (Fsp3) is 0.250. The molecule has 0 saturated carbocycles. The number of hydrogen-bond acceptors (Lipinski definition) is 6. The highest BCUT2D eigenvalue weighted by atomic mass is 16.5. The third-order valence-corrected chi connectivity index (χ3v) is 3.82. The van der Waals surface area contributed by atoms with E-state index < -0.39 is 11.7 Å². The van der Waals surface area contributed by atoms with Crippen LogP contribution in [0.4, 0.5) is 0 Å². The van der Waals surface area contributed by atoms with Crippen molar-refractivity contribution < 1.29 is 30.3 Å². The quantitative estimate of drug-likeness (QED) is 0.515. The Balaban J connectivity index is 2.07. The van der Waals surface area contributed by atoms with Crippen molar-refractivity contribution in [3.8, 4) is 28.7 Å². The standard InChI is InChI=1S/C16H16O6/c1-16(21)7-10-12(19)5-9(17)6-14(10)22-15(16)8-2-3-11(18)13(20)4-8/h2-6,15,17-21H,7H2,1H3/t15-,16-/m1/s1. The fourth-order valence-corrected chi connectivity index (χ4v) is 2.73. The van der Waals surface area contributed by atoms with Crippen LogP contribution in [0.5, 0.6) is 28.7 Å². The van der Waals surface area contributed by atoms with Gasteiger partial charge in [0.05, 0.1) is 0 Å². The number of rotatable bonds is 1. The lowest BCUT2D eigenvalue weighted by atomic mass is 9.84. The largest absolute Gasteiger partial charge is 0.508 e. The van der Waals surface area contributed by atoms with E-state index in [0.29, 0.717) is 11.1 Å². The van der Waals surface area contributed by atoms with Gasteiger partial charge in [0, 0.05) is 24.1 Å². The Morgan fingerprint density at radius 3 is 2.41 bits per heavy atom. The average Bonchev–Trinajstić information content (AvgIpc) is 2.42. The topological polar surface area (TPSA) is 110 Å². The molecule has 0 amide bonds. The molecule has 22 heavy (non-hydrogen) atoms. The second-order valence-corrected chi connectivity index (χ2v) is 5.72. The third kappa shape index (κ3) is 2.27. The lowest BCUT2D eigenvalue weighted by molar-refractivity contribution is -0.0630. The van der Waals surface area contributed by atoms with Crippen molar-refractivity contribution in [3.63, 3.8) is 0 Å². The van der Waals surface area contributed by atoms with Crippen molar-refractivity contribution in [1.29, 1.82) is 0 Å². The SMILES string of the molecule is C[C@@]1(O)Cc2c(O)cc(O)cc2O[C@@H]1c1ccc(O)c(O)c1. The van der Waals surface area contributed by atoms with Gasteiger partial charge in [0.15, 0.2) is 17.6 Å². The monoisotopic (exact) mass is 304 g/mol. The molecule has 0 fully saturated rings. The van der Waals surface area contributed by atoms with Gasteiger partial charge in [-0.15, -0.1) is 0 Å². The van der Waals surface area contributed by atoms with E-state index in [2.05, 4.69) is 0 Å². The zero-order valence-electron chi connectivity index (χ0n) is 11.8. The minimum Gasteiger partial charge on any atom is -0.508 e. The van der Waals surface area contributed by atoms with Gasteiger partial charge in [-0.1, -0.05) is 6.07 Å². The molecule has 1 aliphatic rings. The smallest absolute Gasteiger partial charge is 0.157 e. The molecule has 116 valence electrons. The molecule has 5 N–H and O–H groups in total. The Morgan fingerprint density at radius 2 is 1.73 bits per heavy atom. The molecule has 0 aliphatic carbocycles. The van der Waals surface area contributed by atoms with Gasteiger partial charge in [0.25, 0.3) is 0 Å². The summed E-state index contributed by atoms with van der Waals surface area (Å²) in [6, 6.07) is 6.69. The summed E-state index contributed by atoms with van der Waals surface area (Å²) in [5.41, 5.74) is -0.471. The Kier molecular flexibility index (Phi) is 3.07. The first-order valence-corrected chi connectivity index (χ1v) is 6.74. The van der Waals surface area contributed by atoms with E-state index in [1.54, 1.807) is 6.92 Å². The van der Waals surface area contributed by atoms with Gasteiger partial charge in [-0.25, -0.2) is 0 Å². The summed E-state index contributed by atoms with van der Waals surface area (Å²) in [6.07, 6.45) is -0.714. The predicted molar refractivity (Wildman–Crippen MR) is 77.2 cm³/mol. The molecule has 0 aromatic heterocycles. The third-order valence-electron chi connectivity index (χ3n) is 3.82. The van der Waals surface area contributed by atoms with Crippen LogP contribution in [-0.2, 0) is 6.42 Å². The second-order valence-electron chi connectivity index (χ2n) is 5.72. The van der Waals surface area contributed by atoms with Gasteiger partial charge >= 0.3 is 0 Å². The van der Waals surface area contributed by atoms with Gasteiger partial charge in [0.1, 0.15) is 22.8 Å². The molecular weight excluding hydrogens is 288 g/mol. The highest BCUT2D eigenvalue weighted by Crippen LogP contribution is 2.46. The Bertz CT molecular complexity index is 738. The lowest BCUT2D eigenvalue weighted by Gasteiger charge is -2.38. The van der Waals surface area contributed by atoms with E-state index in [0.717, 1.165) is 0 Å².